The lowest BCUT2D eigenvalue weighted by molar-refractivity contribution is 0.474. The predicted octanol–water partition coefficient (Wildman–Crippen LogP) is 1.86. The van der Waals surface area contributed by atoms with E-state index in [2.05, 4.69) is 4.72 Å². The maximum atomic E-state index is 11.8. The highest BCUT2D eigenvalue weighted by Gasteiger charge is 2.20. The lowest BCUT2D eigenvalue weighted by Gasteiger charge is -2.06. The monoisotopic (exact) mass is 255 g/mol. The Bertz CT molecular complexity index is 463. The maximum absolute atomic E-state index is 11.8. The van der Waals surface area contributed by atoms with E-state index in [1.54, 1.807) is 0 Å². The van der Waals surface area contributed by atoms with Crippen LogP contribution in [0.4, 0.5) is 0 Å². The van der Waals surface area contributed by atoms with Crippen LogP contribution in [0.25, 0.3) is 0 Å². The van der Waals surface area contributed by atoms with Crippen molar-refractivity contribution < 1.29 is 13.5 Å². The van der Waals surface area contributed by atoms with E-state index >= 15 is 0 Å². The van der Waals surface area contributed by atoms with Gasteiger partial charge in [0.2, 0.25) is 10.0 Å². The Labute approximate surface area is 102 Å². The summed E-state index contributed by atoms with van der Waals surface area (Å²) >= 11 is 0. The molecule has 0 bridgehead atoms. The van der Waals surface area contributed by atoms with Crippen LogP contribution in [-0.4, -0.2) is 20.1 Å². The van der Waals surface area contributed by atoms with Gasteiger partial charge in [-0.1, -0.05) is 12.8 Å². The van der Waals surface area contributed by atoms with E-state index < -0.39 is 10.0 Å². The van der Waals surface area contributed by atoms with E-state index in [1.807, 2.05) is 0 Å². The molecule has 1 aromatic rings. The summed E-state index contributed by atoms with van der Waals surface area (Å²) in [4.78, 5) is 0.196. The van der Waals surface area contributed by atoms with Gasteiger partial charge < -0.3 is 5.11 Å². The van der Waals surface area contributed by atoms with Crippen LogP contribution in [0.2, 0.25) is 0 Å². The average molecular weight is 255 g/mol. The van der Waals surface area contributed by atoms with E-state index in [0.29, 0.717) is 6.54 Å². The second-order valence-corrected chi connectivity index (χ2v) is 6.24. The first-order valence-electron chi connectivity index (χ1n) is 5.86. The van der Waals surface area contributed by atoms with Gasteiger partial charge in [-0.2, -0.15) is 0 Å². The second kappa shape index (κ2) is 5.06. The first-order chi connectivity index (χ1) is 8.08. The molecule has 4 nitrogen and oxygen atoms in total. The van der Waals surface area contributed by atoms with Crippen LogP contribution in [-0.2, 0) is 10.0 Å². The summed E-state index contributed by atoms with van der Waals surface area (Å²) in [5, 5.41) is 9.09. The van der Waals surface area contributed by atoms with Crippen molar-refractivity contribution in [3.05, 3.63) is 24.3 Å². The highest BCUT2D eigenvalue weighted by Crippen LogP contribution is 2.33. The average Bonchev–Trinajstić information content (AvgIpc) is 3.09. The third kappa shape index (κ3) is 3.71. The molecule has 1 aliphatic carbocycles. The number of phenolic OH excluding ortho intramolecular Hbond substituents is 1. The Morgan fingerprint density at radius 2 is 1.88 bits per heavy atom. The van der Waals surface area contributed by atoms with Crippen molar-refractivity contribution in [2.45, 2.75) is 30.6 Å². The number of phenols is 1. The predicted molar refractivity (Wildman–Crippen MR) is 65.3 cm³/mol. The lowest BCUT2D eigenvalue weighted by Crippen LogP contribution is -2.24. The van der Waals surface area contributed by atoms with E-state index in [0.717, 1.165) is 18.8 Å². The molecule has 2 rings (SSSR count). The van der Waals surface area contributed by atoms with Crippen LogP contribution >= 0.6 is 0 Å². The first kappa shape index (κ1) is 12.4. The van der Waals surface area contributed by atoms with Crippen LogP contribution in [0.15, 0.2) is 29.2 Å². The van der Waals surface area contributed by atoms with Gasteiger partial charge in [-0.25, -0.2) is 13.1 Å². The van der Waals surface area contributed by atoms with Crippen LogP contribution in [0.3, 0.4) is 0 Å². The number of hydrogen-bond donors (Lipinski definition) is 2. The van der Waals surface area contributed by atoms with Crippen LogP contribution in [0.1, 0.15) is 25.7 Å². The molecule has 0 spiro atoms. The number of sulfonamides is 1. The molecular weight excluding hydrogens is 238 g/mol. The largest absolute Gasteiger partial charge is 0.508 e. The number of nitrogens with one attached hydrogen (secondary N) is 1. The Morgan fingerprint density at radius 1 is 1.24 bits per heavy atom. The van der Waals surface area contributed by atoms with Gasteiger partial charge in [0.05, 0.1) is 4.90 Å². The van der Waals surface area contributed by atoms with Gasteiger partial charge in [-0.3, -0.25) is 0 Å². The fourth-order valence-electron chi connectivity index (χ4n) is 1.71. The molecule has 2 N–H and O–H groups in total. The summed E-state index contributed by atoms with van der Waals surface area (Å²) in [6, 6.07) is 5.55. The fraction of sp³-hybridized carbons (Fsp3) is 0.500. The molecule has 5 heteroatoms. The van der Waals surface area contributed by atoms with Crippen molar-refractivity contribution in [3.8, 4) is 5.75 Å². The molecule has 0 aliphatic heterocycles. The van der Waals surface area contributed by atoms with E-state index in [1.165, 1.54) is 37.1 Å². The molecule has 1 saturated carbocycles. The molecule has 0 aromatic heterocycles. The summed E-state index contributed by atoms with van der Waals surface area (Å²) in [7, 11) is -3.42. The molecule has 0 amide bonds. The maximum Gasteiger partial charge on any atom is 0.240 e. The third-order valence-corrected chi connectivity index (χ3v) is 4.40. The highest BCUT2D eigenvalue weighted by atomic mass is 32.2. The second-order valence-electron chi connectivity index (χ2n) is 4.48. The van der Waals surface area contributed by atoms with Gasteiger partial charge in [0.1, 0.15) is 5.75 Å². The molecule has 94 valence electrons. The van der Waals surface area contributed by atoms with Gasteiger partial charge in [0.25, 0.3) is 0 Å². The standard InChI is InChI=1S/C12H17NO3S/c14-11-5-7-12(8-6-11)17(15,16)13-9-1-2-10-3-4-10/h5-8,10,13-14H,1-4,9H2. The molecule has 1 aromatic carbocycles. The Kier molecular flexibility index (Phi) is 3.69. The summed E-state index contributed by atoms with van der Waals surface area (Å²) in [5.41, 5.74) is 0. The van der Waals surface area contributed by atoms with E-state index in [4.69, 9.17) is 5.11 Å². The van der Waals surface area contributed by atoms with E-state index in [-0.39, 0.29) is 10.6 Å². The van der Waals surface area contributed by atoms with Crippen molar-refractivity contribution in [2.75, 3.05) is 6.54 Å². The third-order valence-electron chi connectivity index (χ3n) is 2.93. The van der Waals surface area contributed by atoms with Crippen LogP contribution in [0, 0.1) is 5.92 Å². The van der Waals surface area contributed by atoms with Gasteiger partial charge in [0, 0.05) is 6.54 Å². The van der Waals surface area contributed by atoms with Crippen molar-refractivity contribution >= 4 is 10.0 Å². The topological polar surface area (TPSA) is 66.4 Å². The molecule has 0 radical (unpaired) electrons. The first-order valence-corrected chi connectivity index (χ1v) is 7.35. The zero-order valence-electron chi connectivity index (χ0n) is 9.59. The summed E-state index contributed by atoms with van der Waals surface area (Å²) in [6.45, 7) is 0.486. The number of rotatable bonds is 6. The molecule has 1 aliphatic rings. The molecule has 0 atom stereocenters. The van der Waals surface area contributed by atoms with Gasteiger partial charge in [-0.15, -0.1) is 0 Å². The molecule has 0 unspecified atom stereocenters. The van der Waals surface area contributed by atoms with Gasteiger partial charge in [-0.05, 0) is 43.0 Å². The highest BCUT2D eigenvalue weighted by molar-refractivity contribution is 7.89. The Hall–Kier alpha value is -1.07. The minimum absolute atomic E-state index is 0.0673. The normalized spacial score (nSPS) is 16.0. The number of hydrogen-bond acceptors (Lipinski definition) is 3. The van der Waals surface area contributed by atoms with Crippen molar-refractivity contribution in [1.82, 2.24) is 4.72 Å². The zero-order valence-corrected chi connectivity index (χ0v) is 10.4. The smallest absolute Gasteiger partial charge is 0.240 e. The number of benzene rings is 1. The molecule has 0 saturated heterocycles. The lowest BCUT2D eigenvalue weighted by atomic mass is 10.2. The summed E-state index contributed by atoms with van der Waals surface area (Å²) < 4.78 is 26.2. The molecular formula is C12H17NO3S. The molecule has 1 fully saturated rings. The molecule has 17 heavy (non-hydrogen) atoms. The van der Waals surface area contributed by atoms with Crippen molar-refractivity contribution in [2.24, 2.45) is 5.92 Å². The fourth-order valence-corrected chi connectivity index (χ4v) is 2.79. The summed E-state index contributed by atoms with van der Waals surface area (Å²) in [6.07, 6.45) is 4.59. The van der Waals surface area contributed by atoms with Crippen LogP contribution in [0.5, 0.6) is 5.75 Å². The number of aromatic hydroxyl groups is 1. The quantitative estimate of drug-likeness (QED) is 0.762. The van der Waals surface area contributed by atoms with Crippen LogP contribution < -0.4 is 4.72 Å². The zero-order chi connectivity index (χ0) is 12.3. The van der Waals surface area contributed by atoms with Crippen molar-refractivity contribution in [1.29, 1.82) is 0 Å². The summed E-state index contributed by atoms with van der Waals surface area (Å²) in [5.74, 6) is 0.894. The molecule has 0 heterocycles. The van der Waals surface area contributed by atoms with Gasteiger partial charge in [0.15, 0.2) is 0 Å². The van der Waals surface area contributed by atoms with Gasteiger partial charge >= 0.3 is 0 Å². The van der Waals surface area contributed by atoms with E-state index in [9.17, 15) is 8.42 Å². The minimum atomic E-state index is -3.42. The Morgan fingerprint density at radius 3 is 2.47 bits per heavy atom. The minimum Gasteiger partial charge on any atom is -0.508 e. The SMILES string of the molecule is O=S(=O)(NCCCC1CC1)c1ccc(O)cc1. The Balaban J connectivity index is 1.86. The van der Waals surface area contributed by atoms with Crippen molar-refractivity contribution in [3.63, 3.8) is 0 Å².